The zero-order valence-electron chi connectivity index (χ0n) is 14.8. The van der Waals surface area contributed by atoms with Crippen LogP contribution < -0.4 is 5.32 Å². The van der Waals surface area contributed by atoms with Crippen molar-refractivity contribution in [1.29, 1.82) is 0 Å². The Bertz CT molecular complexity index is 473. The lowest BCUT2D eigenvalue weighted by Crippen LogP contribution is -2.75. The van der Waals surface area contributed by atoms with E-state index in [1.54, 1.807) is 0 Å². The molecule has 1 aliphatic heterocycles. The van der Waals surface area contributed by atoms with Gasteiger partial charge in [-0.3, -0.25) is 0 Å². The van der Waals surface area contributed by atoms with E-state index in [0.717, 1.165) is 19.3 Å². The van der Waals surface area contributed by atoms with E-state index in [1.807, 2.05) is 20.8 Å². The van der Waals surface area contributed by atoms with Gasteiger partial charge in [-0.25, -0.2) is 4.79 Å². The van der Waals surface area contributed by atoms with E-state index in [2.05, 4.69) is 33.0 Å². The van der Waals surface area contributed by atoms with Crippen LogP contribution in [-0.2, 0) is 14.0 Å². The number of nitrogens with one attached hydrogen (secondary N) is 1. The Balaban J connectivity index is 1.56. The molecule has 2 bridgehead atoms. The maximum Gasteiger partial charge on any atom is 0.464 e. The van der Waals surface area contributed by atoms with Crippen molar-refractivity contribution >= 4 is 13.2 Å². The van der Waals surface area contributed by atoms with Crippen molar-refractivity contribution in [3.05, 3.63) is 0 Å². The Morgan fingerprint density at radius 1 is 1.05 bits per heavy atom. The molecular weight excluding hydrogens is 281 g/mol. The second-order valence-corrected chi connectivity index (χ2v) is 9.39. The largest absolute Gasteiger partial charge is 0.464 e. The highest BCUT2D eigenvalue weighted by atomic mass is 16.7. The molecule has 4 rings (SSSR count). The van der Waals surface area contributed by atoms with Crippen LogP contribution in [-0.4, -0.2) is 35.6 Å². The third-order valence-corrected chi connectivity index (χ3v) is 5.59. The second kappa shape index (κ2) is 4.21. The fourth-order valence-electron chi connectivity index (χ4n) is 3.86. The van der Waals surface area contributed by atoms with Gasteiger partial charge in [-0.15, -0.1) is 0 Å². The lowest BCUT2D eigenvalue weighted by molar-refractivity contribution is -0.0620. The molecule has 4 fully saturated rings. The average Bonchev–Trinajstić information content (AvgIpc) is 2.36. The van der Waals surface area contributed by atoms with Crippen LogP contribution in [0.2, 0.25) is 5.31 Å². The minimum atomic E-state index is -0.461. The van der Waals surface area contributed by atoms with Gasteiger partial charge in [0.05, 0.1) is 11.2 Å². The minimum Gasteiger partial charge on any atom is -0.444 e. The van der Waals surface area contributed by atoms with Crippen LogP contribution in [0.3, 0.4) is 0 Å². The van der Waals surface area contributed by atoms with Crippen molar-refractivity contribution in [2.24, 2.45) is 0 Å². The predicted molar refractivity (Wildman–Crippen MR) is 84.7 cm³/mol. The second-order valence-electron chi connectivity index (χ2n) is 9.39. The van der Waals surface area contributed by atoms with E-state index < -0.39 is 5.60 Å². The number of carbonyl (C=O) groups excluding carboxylic acids is 1. The summed E-state index contributed by atoms with van der Waals surface area (Å²) in [7, 11) is -0.167. The van der Waals surface area contributed by atoms with Gasteiger partial charge in [0.25, 0.3) is 0 Å². The molecule has 124 valence electrons. The summed E-state index contributed by atoms with van der Waals surface area (Å²) in [4.78, 5) is 11.9. The molecule has 0 radical (unpaired) electrons. The van der Waals surface area contributed by atoms with Gasteiger partial charge in [-0.1, -0.05) is 0 Å². The van der Waals surface area contributed by atoms with Crippen LogP contribution in [0.15, 0.2) is 0 Å². The Morgan fingerprint density at radius 3 is 1.91 bits per heavy atom. The van der Waals surface area contributed by atoms with Crippen LogP contribution in [0, 0.1) is 0 Å². The number of carbonyl (C=O) groups is 1. The van der Waals surface area contributed by atoms with Crippen molar-refractivity contribution in [2.45, 2.75) is 95.4 Å². The molecule has 0 aromatic rings. The van der Waals surface area contributed by atoms with Crippen molar-refractivity contribution in [2.75, 3.05) is 0 Å². The molecule has 0 spiro atoms. The number of hydrogen-bond acceptors (Lipinski definition) is 4. The Morgan fingerprint density at radius 2 is 1.50 bits per heavy atom. The molecular formula is C16H28BNO4. The highest BCUT2D eigenvalue weighted by molar-refractivity contribution is 6.51. The molecule has 3 saturated carbocycles. The summed E-state index contributed by atoms with van der Waals surface area (Å²) in [5.41, 5.74) is -1.15. The number of rotatable bonds is 2. The molecule has 1 N–H and O–H groups in total. The number of ether oxygens (including phenoxy) is 1. The molecule has 0 aromatic heterocycles. The first-order valence-electron chi connectivity index (χ1n) is 8.15. The fraction of sp³-hybridized carbons (Fsp3) is 0.938. The Hall–Kier alpha value is -0.745. The first kappa shape index (κ1) is 16.1. The van der Waals surface area contributed by atoms with Gasteiger partial charge in [0.15, 0.2) is 0 Å². The smallest absolute Gasteiger partial charge is 0.444 e. The molecule has 5 nitrogen and oxygen atoms in total. The summed E-state index contributed by atoms with van der Waals surface area (Å²) >= 11 is 0. The van der Waals surface area contributed by atoms with Crippen molar-refractivity contribution in [3.63, 3.8) is 0 Å². The number of alkyl carbamates (subject to hydrolysis) is 1. The third-order valence-electron chi connectivity index (χ3n) is 5.59. The normalized spacial score (nSPS) is 38.0. The standard InChI is InChI=1S/C16H28BNO4/c1-12(2,3)20-11(19)18-16-8-15(9-16,10-16)17-21-13(4,5)14(6,7)22-17/h8-10H2,1-7H3,(H,18,19). The van der Waals surface area contributed by atoms with E-state index >= 15 is 0 Å². The van der Waals surface area contributed by atoms with Gasteiger partial charge < -0.3 is 19.4 Å². The van der Waals surface area contributed by atoms with Gasteiger partial charge in [-0.05, 0) is 67.7 Å². The van der Waals surface area contributed by atoms with Crippen molar-refractivity contribution in [1.82, 2.24) is 5.32 Å². The number of amides is 1. The third kappa shape index (κ3) is 2.35. The van der Waals surface area contributed by atoms with Crippen LogP contribution >= 0.6 is 0 Å². The van der Waals surface area contributed by atoms with Crippen molar-refractivity contribution in [3.8, 4) is 0 Å². The Kier molecular flexibility index (Phi) is 3.08. The SMILES string of the molecule is CC(C)(C)OC(=O)NC12CC(B3OC(C)(C)C(C)(C)O3)(C1)C2. The molecule has 0 aromatic carbocycles. The summed E-state index contributed by atoms with van der Waals surface area (Å²) in [6.45, 7) is 13.9. The van der Waals surface area contributed by atoms with E-state index in [1.165, 1.54) is 0 Å². The molecule has 3 aliphatic carbocycles. The fourth-order valence-corrected chi connectivity index (χ4v) is 3.86. The van der Waals surface area contributed by atoms with Crippen LogP contribution in [0.5, 0.6) is 0 Å². The van der Waals surface area contributed by atoms with Crippen molar-refractivity contribution < 1.29 is 18.8 Å². The van der Waals surface area contributed by atoms with Crippen LogP contribution in [0.1, 0.15) is 67.7 Å². The highest BCUT2D eigenvalue weighted by Crippen LogP contribution is 2.75. The van der Waals surface area contributed by atoms with E-state index in [4.69, 9.17) is 14.0 Å². The first-order valence-corrected chi connectivity index (χ1v) is 8.15. The quantitative estimate of drug-likeness (QED) is 0.795. The highest BCUT2D eigenvalue weighted by Gasteiger charge is 2.77. The summed E-state index contributed by atoms with van der Waals surface area (Å²) in [5, 5.41) is 3.10. The van der Waals surface area contributed by atoms with Crippen LogP contribution in [0.25, 0.3) is 0 Å². The zero-order valence-corrected chi connectivity index (χ0v) is 14.8. The maximum atomic E-state index is 11.9. The average molecular weight is 309 g/mol. The van der Waals surface area contributed by atoms with E-state index in [-0.39, 0.29) is 35.3 Å². The zero-order chi connectivity index (χ0) is 16.6. The summed E-state index contributed by atoms with van der Waals surface area (Å²) in [5.74, 6) is 0. The van der Waals surface area contributed by atoms with Gasteiger partial charge >= 0.3 is 13.2 Å². The first-order chi connectivity index (χ1) is 9.78. The minimum absolute atomic E-state index is 0.0695. The van der Waals surface area contributed by atoms with Gasteiger partial charge in [0.1, 0.15) is 5.60 Å². The van der Waals surface area contributed by atoms with Gasteiger partial charge in [-0.2, -0.15) is 0 Å². The number of hydrogen-bond donors (Lipinski definition) is 1. The summed E-state index contributed by atoms with van der Waals surface area (Å²) in [6, 6.07) is 0. The molecule has 0 atom stereocenters. The molecule has 1 heterocycles. The topological polar surface area (TPSA) is 56.8 Å². The van der Waals surface area contributed by atoms with E-state index in [0.29, 0.717) is 0 Å². The predicted octanol–water partition coefficient (Wildman–Crippen LogP) is 3.28. The molecule has 6 heteroatoms. The maximum absolute atomic E-state index is 11.9. The summed E-state index contributed by atoms with van der Waals surface area (Å²) < 4.78 is 17.7. The lowest BCUT2D eigenvalue weighted by Gasteiger charge is -2.70. The van der Waals surface area contributed by atoms with Crippen LogP contribution in [0.4, 0.5) is 4.79 Å². The molecule has 0 unspecified atom stereocenters. The van der Waals surface area contributed by atoms with E-state index in [9.17, 15) is 4.79 Å². The summed E-state index contributed by atoms with van der Waals surface area (Å²) in [6.07, 6.45) is 2.41. The van der Waals surface area contributed by atoms with Gasteiger partial charge in [0, 0.05) is 10.9 Å². The molecule has 1 saturated heterocycles. The monoisotopic (exact) mass is 309 g/mol. The van der Waals surface area contributed by atoms with Gasteiger partial charge in [0.2, 0.25) is 0 Å². The molecule has 22 heavy (non-hydrogen) atoms. The lowest BCUT2D eigenvalue weighted by atomic mass is 9.27. The Labute approximate surface area is 133 Å². The molecule has 4 aliphatic rings. The molecule has 1 amide bonds.